The first-order chi connectivity index (χ1) is 19.8. The molecule has 198 valence electrons. The van der Waals surface area contributed by atoms with E-state index in [1.165, 1.54) is 39.3 Å². The molecule has 0 spiro atoms. The summed E-state index contributed by atoms with van der Waals surface area (Å²) in [6, 6.07) is 44.3. The van der Waals surface area contributed by atoms with Gasteiger partial charge in [0.05, 0.1) is 5.72 Å². The second kappa shape index (κ2) is 14.3. The van der Waals surface area contributed by atoms with Crippen molar-refractivity contribution in [2.75, 3.05) is 0 Å². The van der Waals surface area contributed by atoms with Crippen molar-refractivity contribution in [1.29, 1.82) is 0 Å². The molecule has 0 aliphatic heterocycles. The first-order valence-corrected chi connectivity index (χ1v) is 16.3. The molecular formula is C36H37BN2Si. The fourth-order valence-electron chi connectivity index (χ4n) is 5.33. The van der Waals surface area contributed by atoms with Gasteiger partial charge in [-0.05, 0) is 41.6 Å². The fraction of sp³-hybridized carbons (Fsp3) is 0.139. The number of imidazole rings is 1. The predicted octanol–water partition coefficient (Wildman–Crippen LogP) is 6.86. The van der Waals surface area contributed by atoms with Crippen molar-refractivity contribution in [1.82, 2.24) is 9.55 Å². The van der Waals surface area contributed by atoms with Crippen molar-refractivity contribution in [3.05, 3.63) is 168 Å². The maximum Gasteiger partial charge on any atom is 0.239 e. The molecule has 0 fully saturated rings. The Morgan fingerprint density at radius 3 is 2.00 bits per heavy atom. The lowest BCUT2D eigenvalue weighted by Crippen LogP contribution is -2.29. The van der Waals surface area contributed by atoms with Gasteiger partial charge in [0.25, 0.3) is 0 Å². The Hall–Kier alpha value is -4.15. The molecule has 0 saturated heterocycles. The van der Waals surface area contributed by atoms with Crippen LogP contribution < -0.4 is 5.72 Å². The molecule has 5 rings (SSSR count). The minimum absolute atomic E-state index is 0.308. The number of hydrogen-bond donors (Lipinski definition) is 0. The summed E-state index contributed by atoms with van der Waals surface area (Å²) < 4.78 is 2.38. The standard InChI is InChI=1S/C36H37BN2Si/c1-29(26-34(31-16-8-3-9-17-31)32-18-10-4-11-19-32)22-25-40-28-39-24-23-38-36(39)37-35(33-20-12-5-13-21-33)27-30-14-6-2-7-15-30/h2-24,27,34,37H,25-26,28,40H2,1H3. The van der Waals surface area contributed by atoms with Gasteiger partial charge in [-0.1, -0.05) is 145 Å². The van der Waals surface area contributed by atoms with Crippen LogP contribution >= 0.6 is 0 Å². The number of nitrogens with zero attached hydrogens (tertiary/aromatic N) is 2. The van der Waals surface area contributed by atoms with E-state index in [1.807, 2.05) is 6.20 Å². The minimum atomic E-state index is -0.308. The van der Waals surface area contributed by atoms with E-state index in [0.29, 0.717) is 5.92 Å². The Bertz CT molecular complexity index is 1470. The van der Waals surface area contributed by atoms with Gasteiger partial charge in [-0.3, -0.25) is 4.98 Å². The van der Waals surface area contributed by atoms with Gasteiger partial charge in [0, 0.05) is 34.0 Å². The van der Waals surface area contributed by atoms with Crippen LogP contribution in [0.2, 0.25) is 6.04 Å². The van der Waals surface area contributed by atoms with Crippen LogP contribution in [0.4, 0.5) is 0 Å². The van der Waals surface area contributed by atoms with Crippen molar-refractivity contribution in [3.8, 4) is 0 Å². The summed E-state index contributed by atoms with van der Waals surface area (Å²) in [6.45, 7) is 2.30. The maximum absolute atomic E-state index is 4.77. The average Bonchev–Trinajstić information content (AvgIpc) is 3.46. The Kier molecular flexibility index (Phi) is 9.80. The zero-order chi connectivity index (χ0) is 27.4. The summed E-state index contributed by atoms with van der Waals surface area (Å²) in [5.74, 6) is 0.397. The molecule has 1 aromatic heterocycles. The highest BCUT2D eigenvalue weighted by Gasteiger charge is 2.14. The van der Waals surface area contributed by atoms with Crippen molar-refractivity contribution in [3.63, 3.8) is 0 Å². The quantitative estimate of drug-likeness (QED) is 0.0738. The van der Waals surface area contributed by atoms with Crippen LogP contribution in [0, 0.1) is 0 Å². The molecule has 0 bridgehead atoms. The van der Waals surface area contributed by atoms with Crippen LogP contribution in [0.15, 0.2) is 145 Å². The molecule has 0 N–H and O–H groups in total. The number of rotatable bonds is 12. The van der Waals surface area contributed by atoms with E-state index in [1.54, 1.807) is 0 Å². The molecule has 0 radical (unpaired) electrons. The summed E-state index contributed by atoms with van der Waals surface area (Å²) in [5, 5.41) is 0. The highest BCUT2D eigenvalue weighted by atomic mass is 28.2. The van der Waals surface area contributed by atoms with Gasteiger partial charge >= 0.3 is 0 Å². The Balaban J connectivity index is 1.23. The summed E-state index contributed by atoms with van der Waals surface area (Å²) in [4.78, 5) is 4.77. The van der Waals surface area contributed by atoms with E-state index in [4.69, 9.17) is 4.98 Å². The molecule has 0 aliphatic carbocycles. The SMILES string of the molecule is CC(=CC[SiH2]Cn1ccnc1BC(=Cc1ccccc1)c1ccccc1)CC(c1ccccc1)c1ccccc1. The van der Waals surface area contributed by atoms with Crippen molar-refractivity contribution < 1.29 is 0 Å². The lowest BCUT2D eigenvalue weighted by Gasteiger charge is -2.18. The molecule has 4 aromatic carbocycles. The van der Waals surface area contributed by atoms with E-state index in [0.717, 1.165) is 25.6 Å². The third-order valence-corrected chi connectivity index (χ3v) is 8.96. The highest BCUT2D eigenvalue weighted by Crippen LogP contribution is 2.30. The van der Waals surface area contributed by atoms with Gasteiger partial charge in [0.2, 0.25) is 7.28 Å². The zero-order valence-corrected chi connectivity index (χ0v) is 24.8. The molecule has 0 saturated carbocycles. The number of allylic oxidation sites excluding steroid dienone is 2. The molecule has 0 atom stereocenters. The Labute approximate surface area is 242 Å². The molecule has 1 heterocycles. The van der Waals surface area contributed by atoms with Crippen LogP contribution in [-0.2, 0) is 6.17 Å². The number of aromatic nitrogens is 2. The van der Waals surface area contributed by atoms with Gasteiger partial charge in [0.1, 0.15) is 0 Å². The first-order valence-electron chi connectivity index (χ1n) is 14.3. The molecule has 5 aromatic rings. The van der Waals surface area contributed by atoms with Gasteiger partial charge in [-0.15, -0.1) is 0 Å². The van der Waals surface area contributed by atoms with Gasteiger partial charge in [0.15, 0.2) is 0 Å². The lowest BCUT2D eigenvalue weighted by molar-refractivity contribution is 0.794. The molecular weight excluding hydrogens is 499 g/mol. The Morgan fingerprint density at radius 2 is 1.38 bits per heavy atom. The van der Waals surface area contributed by atoms with Gasteiger partial charge in [-0.2, -0.15) is 0 Å². The molecule has 0 aliphatic rings. The summed E-state index contributed by atoms with van der Waals surface area (Å²) in [7, 11) is 0.517. The van der Waals surface area contributed by atoms with Crippen LogP contribution in [0.1, 0.15) is 41.5 Å². The summed E-state index contributed by atoms with van der Waals surface area (Å²) in [5.41, 5.74) is 9.17. The number of hydrogen-bond acceptors (Lipinski definition) is 1. The fourth-order valence-corrected chi connectivity index (χ4v) is 6.96. The summed E-state index contributed by atoms with van der Waals surface area (Å²) in [6.07, 6.45) is 11.1. The van der Waals surface area contributed by atoms with E-state index in [-0.39, 0.29) is 9.52 Å². The van der Waals surface area contributed by atoms with Crippen LogP contribution in [0.25, 0.3) is 11.5 Å². The lowest BCUT2D eigenvalue weighted by atomic mass is 9.65. The predicted molar refractivity (Wildman–Crippen MR) is 176 cm³/mol. The topological polar surface area (TPSA) is 17.8 Å². The number of benzene rings is 4. The molecule has 0 unspecified atom stereocenters. The molecule has 4 heteroatoms. The van der Waals surface area contributed by atoms with Gasteiger partial charge < -0.3 is 4.57 Å². The third kappa shape index (κ3) is 7.71. The second-order valence-corrected chi connectivity index (χ2v) is 12.2. The Morgan fingerprint density at radius 1 is 0.800 bits per heavy atom. The molecule has 2 nitrogen and oxygen atoms in total. The van der Waals surface area contributed by atoms with Crippen LogP contribution in [0.3, 0.4) is 0 Å². The van der Waals surface area contributed by atoms with Gasteiger partial charge in [-0.25, -0.2) is 0 Å². The zero-order valence-electron chi connectivity index (χ0n) is 23.4. The maximum atomic E-state index is 4.77. The second-order valence-electron chi connectivity index (χ2n) is 10.4. The monoisotopic (exact) mass is 536 g/mol. The van der Waals surface area contributed by atoms with Crippen molar-refractivity contribution in [2.24, 2.45) is 0 Å². The largest absolute Gasteiger partial charge is 0.346 e. The average molecular weight is 537 g/mol. The third-order valence-electron chi connectivity index (χ3n) is 7.46. The van der Waals surface area contributed by atoms with E-state index >= 15 is 0 Å². The van der Waals surface area contributed by atoms with Crippen molar-refractivity contribution >= 4 is 34.1 Å². The van der Waals surface area contributed by atoms with E-state index < -0.39 is 0 Å². The molecule has 0 amide bonds. The first kappa shape index (κ1) is 27.4. The smallest absolute Gasteiger partial charge is 0.239 e. The summed E-state index contributed by atoms with van der Waals surface area (Å²) >= 11 is 0. The van der Waals surface area contributed by atoms with Crippen LogP contribution in [0.5, 0.6) is 0 Å². The highest BCUT2D eigenvalue weighted by molar-refractivity contribution is 6.73. The molecule has 40 heavy (non-hydrogen) atoms. The minimum Gasteiger partial charge on any atom is -0.346 e. The van der Waals surface area contributed by atoms with Crippen molar-refractivity contribution in [2.45, 2.75) is 31.5 Å². The van der Waals surface area contributed by atoms with E-state index in [2.05, 4.69) is 151 Å². The normalized spacial score (nSPS) is 12.3. The van der Waals surface area contributed by atoms with Crippen LogP contribution in [-0.4, -0.2) is 26.4 Å². The van der Waals surface area contributed by atoms with E-state index in [9.17, 15) is 0 Å².